The average Bonchev–Trinajstić information content (AvgIpc) is 3.27. The lowest BCUT2D eigenvalue weighted by Gasteiger charge is -2.10. The molecular weight excluding hydrogens is 300 g/mol. The van der Waals surface area contributed by atoms with Gasteiger partial charge in [0.05, 0.1) is 16.6 Å². The van der Waals surface area contributed by atoms with Gasteiger partial charge in [-0.2, -0.15) is 0 Å². The van der Waals surface area contributed by atoms with E-state index in [-0.39, 0.29) is 6.04 Å². The predicted octanol–water partition coefficient (Wildman–Crippen LogP) is 4.91. The predicted molar refractivity (Wildman–Crippen MR) is 97.9 cm³/mol. The maximum Gasteiger partial charge on any atom is 0.0714 e. The number of nitrogens with one attached hydrogen (secondary N) is 2. The molecule has 114 valence electrons. The van der Waals surface area contributed by atoms with Crippen LogP contribution >= 0.6 is 11.3 Å². The highest BCUT2D eigenvalue weighted by molar-refractivity contribution is 7.11. The van der Waals surface area contributed by atoms with E-state index in [0.29, 0.717) is 0 Å². The van der Waals surface area contributed by atoms with Gasteiger partial charge >= 0.3 is 0 Å². The Balaban J connectivity index is 1.56. The van der Waals surface area contributed by atoms with E-state index in [1.165, 1.54) is 27.1 Å². The van der Waals surface area contributed by atoms with Crippen LogP contribution in [-0.4, -0.2) is 0 Å². The molecule has 0 fully saturated rings. The van der Waals surface area contributed by atoms with Gasteiger partial charge in [0.25, 0.3) is 0 Å². The van der Waals surface area contributed by atoms with Crippen molar-refractivity contribution in [3.05, 3.63) is 88.1 Å². The van der Waals surface area contributed by atoms with E-state index in [4.69, 9.17) is 0 Å². The molecule has 0 saturated carbocycles. The van der Waals surface area contributed by atoms with Crippen LogP contribution in [0.2, 0.25) is 0 Å². The van der Waals surface area contributed by atoms with Crippen molar-refractivity contribution in [2.45, 2.75) is 13.0 Å². The van der Waals surface area contributed by atoms with Gasteiger partial charge < -0.3 is 5.43 Å². The molecule has 4 rings (SSSR count). The smallest absolute Gasteiger partial charge is 0.0714 e. The summed E-state index contributed by atoms with van der Waals surface area (Å²) in [6, 6.07) is 21.9. The van der Waals surface area contributed by atoms with Gasteiger partial charge in [0.1, 0.15) is 0 Å². The lowest BCUT2D eigenvalue weighted by molar-refractivity contribution is 0.616. The summed E-state index contributed by atoms with van der Waals surface area (Å²) in [6.45, 7) is 2.11. The second-order valence-electron chi connectivity index (χ2n) is 5.79. The first-order valence-corrected chi connectivity index (χ1v) is 8.62. The molecule has 0 aliphatic carbocycles. The van der Waals surface area contributed by atoms with Crippen LogP contribution in [0.1, 0.15) is 22.0 Å². The Morgan fingerprint density at radius 1 is 0.870 bits per heavy atom. The molecule has 1 unspecified atom stereocenters. The van der Waals surface area contributed by atoms with Crippen molar-refractivity contribution in [3.63, 3.8) is 0 Å². The molecule has 0 amide bonds. The number of benzene rings is 2. The molecule has 0 bridgehead atoms. The Morgan fingerprint density at radius 2 is 1.57 bits per heavy atom. The summed E-state index contributed by atoms with van der Waals surface area (Å²) in [6.07, 6.45) is 2.24. The van der Waals surface area contributed by atoms with Crippen molar-refractivity contribution in [3.8, 4) is 11.1 Å². The Kier molecular flexibility index (Phi) is 3.74. The summed E-state index contributed by atoms with van der Waals surface area (Å²) in [5, 5.41) is 2.10. The molecule has 0 saturated heterocycles. The monoisotopic (exact) mass is 318 g/mol. The number of rotatable bonds is 3. The van der Waals surface area contributed by atoms with E-state index in [9.17, 15) is 0 Å². The van der Waals surface area contributed by atoms with Crippen molar-refractivity contribution in [2.75, 3.05) is 0 Å². The standard InChI is InChI=1S/C20H18N2S/c1-14-4-6-15(7-5-14)16-8-10-17(11-9-16)18-13-19(22-21-18)20-3-2-12-23-20/h2-13,18,21-22H,1H3. The molecule has 0 radical (unpaired) electrons. The van der Waals surface area contributed by atoms with Crippen LogP contribution in [0.3, 0.4) is 0 Å². The third-order valence-corrected chi connectivity index (χ3v) is 5.04. The van der Waals surface area contributed by atoms with Crippen molar-refractivity contribution in [2.24, 2.45) is 0 Å². The normalized spacial score (nSPS) is 16.9. The van der Waals surface area contributed by atoms with Gasteiger partial charge in [-0.1, -0.05) is 60.2 Å². The minimum absolute atomic E-state index is 0.208. The minimum Gasteiger partial charge on any atom is -0.319 e. The van der Waals surface area contributed by atoms with Gasteiger partial charge in [-0.25, -0.2) is 5.43 Å². The van der Waals surface area contributed by atoms with E-state index in [1.54, 1.807) is 11.3 Å². The Morgan fingerprint density at radius 3 is 2.22 bits per heavy atom. The summed E-state index contributed by atoms with van der Waals surface area (Å²) in [5.41, 5.74) is 12.8. The van der Waals surface area contributed by atoms with Gasteiger partial charge in [-0.3, -0.25) is 0 Å². The number of hydrogen-bond donors (Lipinski definition) is 2. The van der Waals surface area contributed by atoms with Crippen molar-refractivity contribution in [1.29, 1.82) is 0 Å². The van der Waals surface area contributed by atoms with Gasteiger partial charge in [0.15, 0.2) is 0 Å². The molecule has 3 aromatic rings. The second kappa shape index (κ2) is 6.03. The first-order chi connectivity index (χ1) is 11.3. The molecule has 23 heavy (non-hydrogen) atoms. The highest BCUT2D eigenvalue weighted by Crippen LogP contribution is 2.28. The van der Waals surface area contributed by atoms with Gasteiger partial charge in [0.2, 0.25) is 0 Å². The largest absolute Gasteiger partial charge is 0.319 e. The molecule has 3 heteroatoms. The fourth-order valence-corrected chi connectivity index (χ4v) is 3.50. The fourth-order valence-electron chi connectivity index (χ4n) is 2.79. The van der Waals surface area contributed by atoms with E-state index in [1.807, 2.05) is 0 Å². The summed E-state index contributed by atoms with van der Waals surface area (Å²) in [7, 11) is 0. The average molecular weight is 318 g/mol. The molecule has 2 nitrogen and oxygen atoms in total. The first-order valence-electron chi connectivity index (χ1n) is 7.74. The molecular formula is C20H18N2S. The maximum atomic E-state index is 3.34. The van der Waals surface area contributed by atoms with E-state index < -0.39 is 0 Å². The molecule has 1 aliphatic rings. The molecule has 0 spiro atoms. The van der Waals surface area contributed by atoms with Crippen LogP contribution in [0.5, 0.6) is 0 Å². The minimum atomic E-state index is 0.208. The van der Waals surface area contributed by atoms with Crippen LogP contribution in [-0.2, 0) is 0 Å². The van der Waals surface area contributed by atoms with Crippen molar-refractivity contribution >= 4 is 17.0 Å². The van der Waals surface area contributed by atoms with Crippen molar-refractivity contribution in [1.82, 2.24) is 10.9 Å². The van der Waals surface area contributed by atoms with Gasteiger partial charge in [-0.05, 0) is 41.1 Å². The van der Waals surface area contributed by atoms with E-state index in [2.05, 4.69) is 89.9 Å². The molecule has 2 N–H and O–H groups in total. The summed E-state index contributed by atoms with van der Waals surface area (Å²) < 4.78 is 0. The maximum absolute atomic E-state index is 3.34. The van der Waals surface area contributed by atoms with Crippen LogP contribution in [0, 0.1) is 6.92 Å². The second-order valence-corrected chi connectivity index (χ2v) is 6.74. The third-order valence-electron chi connectivity index (χ3n) is 4.14. The highest BCUT2D eigenvalue weighted by atomic mass is 32.1. The zero-order chi connectivity index (χ0) is 15.6. The SMILES string of the molecule is Cc1ccc(-c2ccc(C3C=C(c4cccs4)NN3)cc2)cc1. The quantitative estimate of drug-likeness (QED) is 0.717. The van der Waals surface area contributed by atoms with Crippen LogP contribution in [0.15, 0.2) is 72.1 Å². The van der Waals surface area contributed by atoms with Gasteiger partial charge in [0, 0.05) is 0 Å². The number of hydrogen-bond acceptors (Lipinski definition) is 3. The van der Waals surface area contributed by atoms with E-state index in [0.717, 1.165) is 5.70 Å². The Bertz CT molecular complexity index is 815. The molecule has 2 aromatic carbocycles. The van der Waals surface area contributed by atoms with E-state index >= 15 is 0 Å². The molecule has 1 aromatic heterocycles. The first kappa shape index (κ1) is 14.2. The van der Waals surface area contributed by atoms with Crippen LogP contribution in [0.4, 0.5) is 0 Å². The Hall–Kier alpha value is -2.36. The highest BCUT2D eigenvalue weighted by Gasteiger charge is 2.17. The van der Waals surface area contributed by atoms with Crippen LogP contribution in [0.25, 0.3) is 16.8 Å². The molecule has 1 aliphatic heterocycles. The molecule has 1 atom stereocenters. The fraction of sp³-hybridized carbons (Fsp3) is 0.100. The Labute approximate surface area is 140 Å². The molecule has 2 heterocycles. The summed E-state index contributed by atoms with van der Waals surface area (Å²) >= 11 is 1.75. The van der Waals surface area contributed by atoms with Gasteiger partial charge in [-0.15, -0.1) is 11.3 Å². The number of hydrazine groups is 1. The topological polar surface area (TPSA) is 24.1 Å². The lowest BCUT2D eigenvalue weighted by Crippen LogP contribution is -2.26. The summed E-state index contributed by atoms with van der Waals surface area (Å²) in [4.78, 5) is 1.26. The zero-order valence-corrected chi connectivity index (χ0v) is 13.7. The lowest BCUT2D eigenvalue weighted by atomic mass is 10.00. The number of thiophene rings is 1. The van der Waals surface area contributed by atoms with Crippen molar-refractivity contribution < 1.29 is 0 Å². The summed E-state index contributed by atoms with van der Waals surface area (Å²) in [5.74, 6) is 0. The zero-order valence-electron chi connectivity index (χ0n) is 12.9. The van der Waals surface area contributed by atoms with Crippen LogP contribution < -0.4 is 10.9 Å². The third kappa shape index (κ3) is 2.93. The number of aryl methyl sites for hydroxylation is 1.